The predicted molar refractivity (Wildman–Crippen MR) is 57.5 cm³/mol. The minimum Gasteiger partial charge on any atom is -0.380 e. The van der Waals surface area contributed by atoms with Crippen LogP contribution >= 0.6 is 0 Å². The molecule has 2 rings (SSSR count). The summed E-state index contributed by atoms with van der Waals surface area (Å²) in [5, 5.41) is 3.36. The summed E-state index contributed by atoms with van der Waals surface area (Å²) in [6.07, 6.45) is 3.83. The lowest BCUT2D eigenvalue weighted by Gasteiger charge is -2.44. The summed E-state index contributed by atoms with van der Waals surface area (Å²) in [4.78, 5) is 2.66. The molecule has 3 nitrogen and oxygen atoms in total. The van der Waals surface area contributed by atoms with Crippen LogP contribution in [0.5, 0.6) is 0 Å². The van der Waals surface area contributed by atoms with E-state index in [4.69, 9.17) is 4.74 Å². The maximum absolute atomic E-state index is 5.57. The zero-order valence-corrected chi connectivity index (χ0v) is 9.17. The van der Waals surface area contributed by atoms with Crippen molar-refractivity contribution in [2.75, 3.05) is 32.8 Å². The van der Waals surface area contributed by atoms with Gasteiger partial charge in [0.2, 0.25) is 0 Å². The Labute approximate surface area is 86.8 Å². The molecule has 1 N–H and O–H groups in total. The second-order valence-electron chi connectivity index (χ2n) is 4.42. The maximum atomic E-state index is 5.57. The van der Waals surface area contributed by atoms with Crippen molar-refractivity contribution in [2.24, 2.45) is 0 Å². The van der Waals surface area contributed by atoms with Crippen LogP contribution < -0.4 is 5.32 Å². The number of hydrogen-bond acceptors (Lipinski definition) is 3. The highest BCUT2D eigenvalue weighted by atomic mass is 16.5. The van der Waals surface area contributed by atoms with E-state index in [0.29, 0.717) is 6.04 Å². The van der Waals surface area contributed by atoms with Crippen LogP contribution in [-0.2, 0) is 4.74 Å². The van der Waals surface area contributed by atoms with Crippen LogP contribution in [0.4, 0.5) is 0 Å². The van der Waals surface area contributed by atoms with Crippen molar-refractivity contribution in [3.8, 4) is 0 Å². The van der Waals surface area contributed by atoms with Crippen LogP contribution in [0.2, 0.25) is 0 Å². The summed E-state index contributed by atoms with van der Waals surface area (Å²) in [6.45, 7) is 7.78. The first-order chi connectivity index (χ1) is 6.92. The molecule has 0 aromatic rings. The van der Waals surface area contributed by atoms with E-state index in [2.05, 4.69) is 17.1 Å². The van der Waals surface area contributed by atoms with Gasteiger partial charge in [0.1, 0.15) is 0 Å². The molecule has 14 heavy (non-hydrogen) atoms. The average molecular weight is 198 g/mol. The van der Waals surface area contributed by atoms with Crippen LogP contribution in [0.3, 0.4) is 0 Å². The van der Waals surface area contributed by atoms with Crippen LogP contribution in [0, 0.1) is 0 Å². The third-order valence-corrected chi connectivity index (χ3v) is 3.32. The molecule has 2 aliphatic rings. The maximum Gasteiger partial charge on any atom is 0.0621 e. The van der Waals surface area contributed by atoms with Gasteiger partial charge in [-0.05, 0) is 25.8 Å². The van der Waals surface area contributed by atoms with E-state index in [1.807, 2.05) is 0 Å². The largest absolute Gasteiger partial charge is 0.380 e. The molecule has 0 aromatic heterocycles. The van der Waals surface area contributed by atoms with Gasteiger partial charge in [-0.25, -0.2) is 0 Å². The van der Waals surface area contributed by atoms with E-state index in [9.17, 15) is 0 Å². The second kappa shape index (κ2) is 5.10. The molecule has 0 aromatic carbocycles. The first kappa shape index (κ1) is 10.4. The monoisotopic (exact) mass is 198 g/mol. The lowest BCUT2D eigenvalue weighted by Crippen LogP contribution is -2.61. The molecule has 0 bridgehead atoms. The molecule has 0 amide bonds. The Kier molecular flexibility index (Phi) is 3.79. The summed E-state index contributed by atoms with van der Waals surface area (Å²) >= 11 is 0. The zero-order valence-electron chi connectivity index (χ0n) is 9.17. The Morgan fingerprint density at radius 2 is 2.21 bits per heavy atom. The Hall–Kier alpha value is -0.120. The van der Waals surface area contributed by atoms with Crippen molar-refractivity contribution in [1.29, 1.82) is 0 Å². The van der Waals surface area contributed by atoms with E-state index in [1.165, 1.54) is 38.9 Å². The summed E-state index contributed by atoms with van der Waals surface area (Å²) in [5.74, 6) is 0. The third kappa shape index (κ3) is 2.27. The van der Waals surface area contributed by atoms with Crippen LogP contribution in [0.25, 0.3) is 0 Å². The van der Waals surface area contributed by atoms with Gasteiger partial charge in [-0.3, -0.25) is 4.90 Å². The van der Waals surface area contributed by atoms with Gasteiger partial charge in [0.25, 0.3) is 0 Å². The number of rotatable bonds is 4. The molecule has 2 saturated heterocycles. The SMILES string of the molecule is CCCN(C1CNC1)C1CCCOC1. The Bertz CT molecular complexity index is 165. The van der Waals surface area contributed by atoms with E-state index in [1.54, 1.807) is 0 Å². The average Bonchev–Trinajstić information content (AvgIpc) is 2.16. The first-order valence-electron chi connectivity index (χ1n) is 5.96. The summed E-state index contributed by atoms with van der Waals surface area (Å²) in [6, 6.07) is 1.47. The third-order valence-electron chi connectivity index (χ3n) is 3.32. The van der Waals surface area contributed by atoms with Crippen molar-refractivity contribution >= 4 is 0 Å². The summed E-state index contributed by atoms with van der Waals surface area (Å²) < 4.78 is 5.57. The lowest BCUT2D eigenvalue weighted by molar-refractivity contribution is -0.0101. The zero-order chi connectivity index (χ0) is 9.80. The van der Waals surface area contributed by atoms with Gasteiger partial charge in [-0.1, -0.05) is 6.92 Å². The Balaban J connectivity index is 1.86. The van der Waals surface area contributed by atoms with Gasteiger partial charge >= 0.3 is 0 Å². The highest BCUT2D eigenvalue weighted by Crippen LogP contribution is 2.18. The smallest absolute Gasteiger partial charge is 0.0621 e. The normalized spacial score (nSPS) is 29.1. The van der Waals surface area contributed by atoms with Gasteiger partial charge < -0.3 is 10.1 Å². The van der Waals surface area contributed by atoms with Gasteiger partial charge in [0.05, 0.1) is 6.61 Å². The van der Waals surface area contributed by atoms with Crippen molar-refractivity contribution in [1.82, 2.24) is 10.2 Å². The number of hydrogen-bond donors (Lipinski definition) is 1. The van der Waals surface area contributed by atoms with Gasteiger partial charge in [-0.2, -0.15) is 0 Å². The van der Waals surface area contributed by atoms with E-state index in [0.717, 1.165) is 19.3 Å². The van der Waals surface area contributed by atoms with Crippen LogP contribution in [0.1, 0.15) is 26.2 Å². The molecule has 0 aliphatic carbocycles. The molecule has 3 heteroatoms. The predicted octanol–water partition coefficient (Wildman–Crippen LogP) is 0.849. The number of nitrogens with one attached hydrogen (secondary N) is 1. The summed E-state index contributed by atoms with van der Waals surface area (Å²) in [5.41, 5.74) is 0. The molecule has 2 fully saturated rings. The van der Waals surface area contributed by atoms with E-state index >= 15 is 0 Å². The Morgan fingerprint density at radius 1 is 1.36 bits per heavy atom. The molecule has 1 atom stereocenters. The molecule has 0 spiro atoms. The van der Waals surface area contributed by atoms with Crippen LogP contribution in [-0.4, -0.2) is 49.8 Å². The highest BCUT2D eigenvalue weighted by molar-refractivity contribution is 4.89. The fourth-order valence-corrected chi connectivity index (χ4v) is 2.41. The van der Waals surface area contributed by atoms with Crippen molar-refractivity contribution in [3.63, 3.8) is 0 Å². The molecule has 2 aliphatic heterocycles. The van der Waals surface area contributed by atoms with E-state index < -0.39 is 0 Å². The quantitative estimate of drug-likeness (QED) is 0.725. The van der Waals surface area contributed by atoms with Crippen molar-refractivity contribution in [3.05, 3.63) is 0 Å². The topological polar surface area (TPSA) is 24.5 Å². The summed E-state index contributed by atoms with van der Waals surface area (Å²) in [7, 11) is 0. The first-order valence-corrected chi connectivity index (χ1v) is 5.96. The standard InChI is InChI=1S/C11H22N2O/c1-2-5-13(11-7-12-8-11)10-4-3-6-14-9-10/h10-12H,2-9H2,1H3. The molecule has 0 radical (unpaired) electrons. The van der Waals surface area contributed by atoms with Gasteiger partial charge in [0, 0.05) is 31.8 Å². The molecule has 1 unspecified atom stereocenters. The van der Waals surface area contributed by atoms with Gasteiger partial charge in [-0.15, -0.1) is 0 Å². The Morgan fingerprint density at radius 3 is 2.71 bits per heavy atom. The number of nitrogens with zero attached hydrogens (tertiary/aromatic N) is 1. The minimum absolute atomic E-state index is 0.691. The molecule has 0 saturated carbocycles. The number of ether oxygens (including phenoxy) is 1. The lowest BCUT2D eigenvalue weighted by atomic mass is 10.0. The van der Waals surface area contributed by atoms with Crippen LogP contribution in [0.15, 0.2) is 0 Å². The van der Waals surface area contributed by atoms with E-state index in [-0.39, 0.29) is 0 Å². The fraction of sp³-hybridized carbons (Fsp3) is 1.00. The molecule has 2 heterocycles. The van der Waals surface area contributed by atoms with Crippen molar-refractivity contribution in [2.45, 2.75) is 38.3 Å². The van der Waals surface area contributed by atoms with Gasteiger partial charge in [0.15, 0.2) is 0 Å². The molecular formula is C11H22N2O. The minimum atomic E-state index is 0.691. The molecule has 82 valence electrons. The molecular weight excluding hydrogens is 176 g/mol. The highest BCUT2D eigenvalue weighted by Gasteiger charge is 2.30. The fourth-order valence-electron chi connectivity index (χ4n) is 2.41. The van der Waals surface area contributed by atoms with Crippen molar-refractivity contribution < 1.29 is 4.74 Å². The second-order valence-corrected chi connectivity index (χ2v) is 4.42.